The summed E-state index contributed by atoms with van der Waals surface area (Å²) >= 11 is 6.48. The molecular formula is C21H20ClN3O. The van der Waals surface area contributed by atoms with E-state index in [1.54, 1.807) is 4.68 Å². The number of carbonyl (C=O) groups excluding carboxylic acids is 1. The Kier molecular flexibility index (Phi) is 4.29. The molecule has 0 saturated heterocycles. The number of aromatic nitrogens is 2. The van der Waals surface area contributed by atoms with Crippen LogP contribution in [0.5, 0.6) is 0 Å². The summed E-state index contributed by atoms with van der Waals surface area (Å²) in [5.41, 5.74) is 3.25. The minimum absolute atomic E-state index is 0.0622. The van der Waals surface area contributed by atoms with E-state index in [4.69, 9.17) is 11.6 Å². The second-order valence-electron chi connectivity index (χ2n) is 6.83. The Morgan fingerprint density at radius 3 is 2.35 bits per heavy atom. The van der Waals surface area contributed by atoms with E-state index >= 15 is 0 Å². The van der Waals surface area contributed by atoms with Crippen molar-refractivity contribution < 1.29 is 4.79 Å². The van der Waals surface area contributed by atoms with Crippen LogP contribution in [0, 0.1) is 6.92 Å². The molecule has 26 heavy (non-hydrogen) atoms. The maximum atomic E-state index is 12.8. The number of hydrogen-bond donors (Lipinski definition) is 1. The van der Waals surface area contributed by atoms with Gasteiger partial charge in [0.25, 0.3) is 5.91 Å². The van der Waals surface area contributed by atoms with Crippen molar-refractivity contribution in [1.29, 1.82) is 0 Å². The predicted molar refractivity (Wildman–Crippen MR) is 103 cm³/mol. The third kappa shape index (κ3) is 3.01. The Morgan fingerprint density at radius 2 is 1.73 bits per heavy atom. The molecule has 1 heterocycles. The molecule has 3 aromatic rings. The minimum atomic E-state index is -0.170. The molecule has 2 aromatic carbocycles. The molecule has 0 spiro atoms. The number of benzene rings is 2. The van der Waals surface area contributed by atoms with Crippen LogP contribution in [0.25, 0.3) is 5.69 Å². The highest BCUT2D eigenvalue weighted by Gasteiger charge is 2.44. The van der Waals surface area contributed by atoms with Crippen LogP contribution in [-0.2, 0) is 5.41 Å². The first-order chi connectivity index (χ1) is 12.6. The zero-order valence-corrected chi connectivity index (χ0v) is 15.3. The van der Waals surface area contributed by atoms with E-state index in [1.165, 1.54) is 5.56 Å². The number of nitrogens with one attached hydrogen (secondary N) is 1. The second-order valence-corrected chi connectivity index (χ2v) is 7.19. The van der Waals surface area contributed by atoms with Crippen molar-refractivity contribution in [2.45, 2.75) is 25.2 Å². The van der Waals surface area contributed by atoms with Crippen LogP contribution in [-0.4, -0.2) is 22.2 Å². The van der Waals surface area contributed by atoms with Gasteiger partial charge in [0.15, 0.2) is 0 Å². The Labute approximate surface area is 157 Å². The molecule has 0 bridgehead atoms. The van der Waals surface area contributed by atoms with Crippen molar-refractivity contribution in [3.05, 3.63) is 82.6 Å². The predicted octanol–water partition coefficient (Wildman–Crippen LogP) is 4.30. The summed E-state index contributed by atoms with van der Waals surface area (Å²) in [7, 11) is 0. The molecule has 1 saturated carbocycles. The highest BCUT2D eigenvalue weighted by atomic mass is 35.5. The molecule has 1 aromatic heterocycles. The number of rotatable bonds is 5. The monoisotopic (exact) mass is 365 g/mol. The third-order valence-corrected chi connectivity index (χ3v) is 5.41. The number of nitrogens with zero attached hydrogens (tertiary/aromatic N) is 2. The van der Waals surface area contributed by atoms with Gasteiger partial charge in [-0.25, -0.2) is 4.68 Å². The molecule has 1 N–H and O–H groups in total. The SMILES string of the molecule is Cc1nn(-c2ccccc2)c(Cl)c1C(=O)NCC1(c2ccccc2)CC1. The number of para-hydroxylation sites is 1. The first kappa shape index (κ1) is 16.9. The standard InChI is InChI=1S/C21H20ClN3O/c1-15-18(19(22)25(24-15)17-10-6-3-7-11-17)20(26)23-14-21(12-13-21)16-8-4-2-5-9-16/h2-11H,12-14H2,1H3,(H,23,26). The molecule has 1 amide bonds. The Morgan fingerprint density at radius 1 is 1.12 bits per heavy atom. The summed E-state index contributed by atoms with van der Waals surface area (Å²) in [6, 6.07) is 19.9. The van der Waals surface area contributed by atoms with Crippen LogP contribution in [0.15, 0.2) is 60.7 Å². The lowest BCUT2D eigenvalue weighted by molar-refractivity contribution is 0.0949. The van der Waals surface area contributed by atoms with Crippen molar-refractivity contribution in [2.75, 3.05) is 6.54 Å². The van der Waals surface area contributed by atoms with E-state index in [0.717, 1.165) is 18.5 Å². The van der Waals surface area contributed by atoms with Crippen LogP contribution < -0.4 is 5.32 Å². The number of halogens is 1. The number of hydrogen-bond acceptors (Lipinski definition) is 2. The molecule has 0 aliphatic heterocycles. The van der Waals surface area contributed by atoms with Gasteiger partial charge in [-0.2, -0.15) is 5.10 Å². The average molecular weight is 366 g/mol. The fraction of sp³-hybridized carbons (Fsp3) is 0.238. The zero-order chi connectivity index (χ0) is 18.1. The molecule has 4 rings (SSSR count). The van der Waals surface area contributed by atoms with Crippen molar-refractivity contribution in [1.82, 2.24) is 15.1 Å². The van der Waals surface area contributed by atoms with Gasteiger partial charge in [-0.05, 0) is 37.5 Å². The normalized spacial score (nSPS) is 14.8. The van der Waals surface area contributed by atoms with E-state index in [1.807, 2.05) is 55.5 Å². The van der Waals surface area contributed by atoms with E-state index in [9.17, 15) is 4.79 Å². The number of amides is 1. The van der Waals surface area contributed by atoms with Gasteiger partial charge in [0.2, 0.25) is 0 Å². The topological polar surface area (TPSA) is 46.9 Å². The van der Waals surface area contributed by atoms with Crippen LogP contribution in [0.3, 0.4) is 0 Å². The average Bonchev–Trinajstić information content (AvgIpc) is 3.41. The molecule has 1 fully saturated rings. The lowest BCUT2D eigenvalue weighted by Gasteiger charge is -2.16. The summed E-state index contributed by atoms with van der Waals surface area (Å²) in [4.78, 5) is 12.8. The maximum Gasteiger partial charge on any atom is 0.256 e. The Bertz CT molecular complexity index is 931. The highest BCUT2D eigenvalue weighted by Crippen LogP contribution is 2.47. The lowest BCUT2D eigenvalue weighted by Crippen LogP contribution is -2.32. The van der Waals surface area contributed by atoms with Crippen molar-refractivity contribution >= 4 is 17.5 Å². The van der Waals surface area contributed by atoms with Crippen LogP contribution in [0.4, 0.5) is 0 Å². The third-order valence-electron chi connectivity index (χ3n) is 5.06. The fourth-order valence-electron chi connectivity index (χ4n) is 3.35. The molecule has 132 valence electrons. The van der Waals surface area contributed by atoms with Crippen molar-refractivity contribution in [3.8, 4) is 5.69 Å². The summed E-state index contributed by atoms with van der Waals surface area (Å²) in [5.74, 6) is -0.170. The quantitative estimate of drug-likeness (QED) is 0.732. The van der Waals surface area contributed by atoms with E-state index < -0.39 is 0 Å². The summed E-state index contributed by atoms with van der Waals surface area (Å²) in [6.45, 7) is 2.42. The van der Waals surface area contributed by atoms with Crippen LogP contribution >= 0.6 is 11.6 Å². The summed E-state index contributed by atoms with van der Waals surface area (Å²) in [5, 5.41) is 7.86. The first-order valence-electron chi connectivity index (χ1n) is 8.75. The van der Waals surface area contributed by atoms with Gasteiger partial charge < -0.3 is 5.32 Å². The lowest BCUT2D eigenvalue weighted by atomic mass is 9.96. The molecule has 4 nitrogen and oxygen atoms in total. The minimum Gasteiger partial charge on any atom is -0.351 e. The van der Waals surface area contributed by atoms with Crippen molar-refractivity contribution in [3.63, 3.8) is 0 Å². The summed E-state index contributed by atoms with van der Waals surface area (Å²) < 4.78 is 1.61. The van der Waals surface area contributed by atoms with E-state index in [-0.39, 0.29) is 11.3 Å². The first-order valence-corrected chi connectivity index (χ1v) is 9.13. The molecule has 0 radical (unpaired) electrons. The summed E-state index contributed by atoms with van der Waals surface area (Å²) in [6.07, 6.45) is 2.18. The molecule has 1 aliphatic carbocycles. The largest absolute Gasteiger partial charge is 0.351 e. The molecule has 0 unspecified atom stereocenters. The molecular weight excluding hydrogens is 346 g/mol. The fourth-order valence-corrected chi connectivity index (χ4v) is 3.70. The number of carbonyl (C=O) groups is 1. The van der Waals surface area contributed by atoms with Gasteiger partial charge in [-0.1, -0.05) is 60.1 Å². The van der Waals surface area contributed by atoms with Gasteiger partial charge in [-0.15, -0.1) is 0 Å². The van der Waals surface area contributed by atoms with Gasteiger partial charge in [0.05, 0.1) is 16.9 Å². The molecule has 5 heteroatoms. The van der Waals surface area contributed by atoms with Crippen LogP contribution in [0.2, 0.25) is 5.15 Å². The highest BCUT2D eigenvalue weighted by molar-refractivity contribution is 6.33. The van der Waals surface area contributed by atoms with E-state index in [2.05, 4.69) is 22.5 Å². The van der Waals surface area contributed by atoms with Crippen LogP contribution in [0.1, 0.15) is 34.5 Å². The maximum absolute atomic E-state index is 12.8. The van der Waals surface area contributed by atoms with Gasteiger partial charge >= 0.3 is 0 Å². The molecule has 0 atom stereocenters. The smallest absolute Gasteiger partial charge is 0.256 e. The Hall–Kier alpha value is -2.59. The van der Waals surface area contributed by atoms with E-state index in [0.29, 0.717) is 23.0 Å². The Balaban J connectivity index is 1.54. The van der Waals surface area contributed by atoms with Gasteiger partial charge in [0, 0.05) is 12.0 Å². The molecule has 1 aliphatic rings. The second kappa shape index (κ2) is 6.61. The van der Waals surface area contributed by atoms with Gasteiger partial charge in [-0.3, -0.25) is 4.79 Å². The van der Waals surface area contributed by atoms with Gasteiger partial charge in [0.1, 0.15) is 5.15 Å². The van der Waals surface area contributed by atoms with Crippen molar-refractivity contribution in [2.24, 2.45) is 0 Å². The zero-order valence-electron chi connectivity index (χ0n) is 14.6. The number of aryl methyl sites for hydroxylation is 1.